The maximum Gasteiger partial charge on any atom is 0.251 e. The molecule has 5 nitrogen and oxygen atoms in total. The molecule has 0 aromatic heterocycles. The van der Waals surface area contributed by atoms with E-state index in [2.05, 4.69) is 5.32 Å². The molecule has 2 aromatic rings. The molecule has 1 aliphatic rings. The molecule has 0 bridgehead atoms. The number of halogens is 1. The van der Waals surface area contributed by atoms with Gasteiger partial charge in [-0.05, 0) is 55.2 Å². The lowest BCUT2D eigenvalue weighted by Gasteiger charge is -2.29. The Morgan fingerprint density at radius 1 is 1.23 bits per heavy atom. The maximum atomic E-state index is 12.6. The van der Waals surface area contributed by atoms with Gasteiger partial charge in [0, 0.05) is 17.1 Å². The molecule has 0 saturated heterocycles. The van der Waals surface area contributed by atoms with Gasteiger partial charge in [-0.15, -0.1) is 0 Å². The SMILES string of the molecule is C[C@H](NC(=O)c1ccc2c(c1)CCCN2S(C)(=O)=O)c1ccccc1Cl. The topological polar surface area (TPSA) is 66.5 Å². The fraction of sp³-hybridized carbons (Fsp3) is 0.316. The second-order valence-corrected chi connectivity index (χ2v) is 8.81. The van der Waals surface area contributed by atoms with E-state index in [9.17, 15) is 13.2 Å². The van der Waals surface area contributed by atoms with E-state index < -0.39 is 10.0 Å². The zero-order chi connectivity index (χ0) is 18.9. The number of rotatable bonds is 4. The molecule has 0 radical (unpaired) electrons. The van der Waals surface area contributed by atoms with E-state index in [1.807, 2.05) is 25.1 Å². The molecule has 1 atom stereocenters. The minimum absolute atomic E-state index is 0.211. The fourth-order valence-electron chi connectivity index (χ4n) is 3.23. The van der Waals surface area contributed by atoms with Crippen molar-refractivity contribution in [2.24, 2.45) is 0 Å². The van der Waals surface area contributed by atoms with Gasteiger partial charge in [0.2, 0.25) is 10.0 Å². The van der Waals surface area contributed by atoms with Gasteiger partial charge in [0.25, 0.3) is 5.91 Å². The third-order valence-corrected chi connectivity index (χ3v) is 6.06. The van der Waals surface area contributed by atoms with Gasteiger partial charge in [-0.25, -0.2) is 8.42 Å². The largest absolute Gasteiger partial charge is 0.345 e. The Bertz CT molecular complexity index is 944. The minimum atomic E-state index is -3.31. The Hall–Kier alpha value is -2.05. The molecule has 2 aromatic carbocycles. The summed E-state index contributed by atoms with van der Waals surface area (Å²) >= 11 is 6.19. The molecule has 0 aliphatic carbocycles. The van der Waals surface area contributed by atoms with Crippen LogP contribution in [0.3, 0.4) is 0 Å². The average molecular weight is 393 g/mol. The van der Waals surface area contributed by atoms with Gasteiger partial charge in [-0.1, -0.05) is 29.8 Å². The van der Waals surface area contributed by atoms with Gasteiger partial charge in [-0.2, -0.15) is 0 Å². The summed E-state index contributed by atoms with van der Waals surface area (Å²) in [5.41, 5.74) is 2.90. The molecule has 0 fully saturated rings. The van der Waals surface area contributed by atoms with Crippen molar-refractivity contribution in [3.63, 3.8) is 0 Å². The van der Waals surface area contributed by atoms with Crippen molar-refractivity contribution in [2.45, 2.75) is 25.8 Å². The third-order valence-electron chi connectivity index (χ3n) is 4.54. The summed E-state index contributed by atoms with van der Waals surface area (Å²) in [7, 11) is -3.31. The fourth-order valence-corrected chi connectivity index (χ4v) is 4.53. The summed E-state index contributed by atoms with van der Waals surface area (Å²) in [4.78, 5) is 12.6. The van der Waals surface area contributed by atoms with E-state index in [0.29, 0.717) is 22.8 Å². The molecular formula is C19H21ClN2O3S. The number of aryl methyl sites for hydroxylation is 1. The maximum absolute atomic E-state index is 12.6. The van der Waals surface area contributed by atoms with Crippen LogP contribution in [0.15, 0.2) is 42.5 Å². The van der Waals surface area contributed by atoms with E-state index >= 15 is 0 Å². The lowest BCUT2D eigenvalue weighted by molar-refractivity contribution is 0.0940. The lowest BCUT2D eigenvalue weighted by atomic mass is 10.00. The quantitative estimate of drug-likeness (QED) is 0.865. The Labute approximate surface area is 159 Å². The summed E-state index contributed by atoms with van der Waals surface area (Å²) < 4.78 is 25.3. The number of nitrogens with zero attached hydrogens (tertiary/aromatic N) is 1. The van der Waals surface area contributed by atoms with Crippen molar-refractivity contribution in [3.05, 3.63) is 64.2 Å². The molecule has 3 rings (SSSR count). The summed E-state index contributed by atoms with van der Waals surface area (Å²) in [6.07, 6.45) is 2.69. The second-order valence-electron chi connectivity index (χ2n) is 6.50. The van der Waals surface area contributed by atoms with Gasteiger partial charge < -0.3 is 5.32 Å². The van der Waals surface area contributed by atoms with E-state index in [0.717, 1.165) is 24.0 Å². The third kappa shape index (κ3) is 3.86. The Morgan fingerprint density at radius 3 is 2.65 bits per heavy atom. The highest BCUT2D eigenvalue weighted by Crippen LogP contribution is 2.30. The van der Waals surface area contributed by atoms with Crippen molar-refractivity contribution < 1.29 is 13.2 Å². The number of anilines is 1. The molecule has 7 heteroatoms. The smallest absolute Gasteiger partial charge is 0.251 e. The second kappa shape index (κ2) is 7.29. The van der Waals surface area contributed by atoms with Crippen molar-refractivity contribution in [1.82, 2.24) is 5.32 Å². The summed E-state index contributed by atoms with van der Waals surface area (Å²) in [5.74, 6) is -0.211. The van der Waals surface area contributed by atoms with Gasteiger partial charge in [-0.3, -0.25) is 9.10 Å². The molecule has 1 N–H and O–H groups in total. The van der Waals surface area contributed by atoms with Gasteiger partial charge in [0.05, 0.1) is 18.0 Å². The number of hydrogen-bond acceptors (Lipinski definition) is 3. The number of amides is 1. The number of sulfonamides is 1. The predicted octanol–water partition coefficient (Wildman–Crippen LogP) is 3.54. The van der Waals surface area contributed by atoms with Gasteiger partial charge in [0.1, 0.15) is 0 Å². The molecule has 1 aliphatic heterocycles. The van der Waals surface area contributed by atoms with Crippen LogP contribution < -0.4 is 9.62 Å². The first-order valence-corrected chi connectivity index (χ1v) is 10.7. The highest BCUT2D eigenvalue weighted by Gasteiger charge is 2.25. The van der Waals surface area contributed by atoms with Crippen LogP contribution in [-0.2, 0) is 16.4 Å². The zero-order valence-corrected chi connectivity index (χ0v) is 16.3. The molecular weight excluding hydrogens is 372 g/mol. The van der Waals surface area contributed by atoms with Crippen LogP contribution in [0.25, 0.3) is 0 Å². The summed E-state index contributed by atoms with van der Waals surface area (Å²) in [6, 6.07) is 12.3. The number of carbonyl (C=O) groups excluding carboxylic acids is 1. The van der Waals surface area contributed by atoms with Crippen LogP contribution in [0.4, 0.5) is 5.69 Å². The van der Waals surface area contributed by atoms with Crippen molar-refractivity contribution in [2.75, 3.05) is 17.1 Å². The van der Waals surface area contributed by atoms with Crippen LogP contribution >= 0.6 is 11.6 Å². The molecule has 26 heavy (non-hydrogen) atoms. The monoisotopic (exact) mass is 392 g/mol. The van der Waals surface area contributed by atoms with Crippen LogP contribution in [0.1, 0.15) is 40.9 Å². The van der Waals surface area contributed by atoms with Gasteiger partial charge in [0.15, 0.2) is 0 Å². The van der Waals surface area contributed by atoms with Gasteiger partial charge >= 0.3 is 0 Å². The van der Waals surface area contributed by atoms with E-state index in [1.165, 1.54) is 10.6 Å². The Morgan fingerprint density at radius 2 is 1.96 bits per heavy atom. The number of nitrogens with one attached hydrogen (secondary N) is 1. The number of hydrogen-bond donors (Lipinski definition) is 1. The number of benzene rings is 2. The molecule has 0 unspecified atom stereocenters. The Kier molecular flexibility index (Phi) is 5.25. The summed E-state index contributed by atoms with van der Waals surface area (Å²) in [6.45, 7) is 2.35. The molecule has 1 heterocycles. The minimum Gasteiger partial charge on any atom is -0.345 e. The van der Waals surface area contributed by atoms with E-state index in [1.54, 1.807) is 24.3 Å². The highest BCUT2D eigenvalue weighted by atomic mass is 35.5. The highest BCUT2D eigenvalue weighted by molar-refractivity contribution is 7.92. The standard InChI is InChI=1S/C19H21ClN2O3S/c1-13(16-7-3-4-8-17(16)20)21-19(23)15-9-10-18-14(12-15)6-5-11-22(18)26(2,24)25/h3-4,7-10,12-13H,5-6,11H2,1-2H3,(H,21,23)/t13-/m0/s1. The average Bonchev–Trinajstić information content (AvgIpc) is 2.60. The van der Waals surface area contributed by atoms with Crippen LogP contribution in [0.2, 0.25) is 5.02 Å². The number of carbonyl (C=O) groups is 1. The predicted molar refractivity (Wildman–Crippen MR) is 104 cm³/mol. The first kappa shape index (κ1) is 18.7. The van der Waals surface area contributed by atoms with Crippen LogP contribution in [0, 0.1) is 0 Å². The zero-order valence-electron chi connectivity index (χ0n) is 14.7. The van der Waals surface area contributed by atoms with E-state index in [-0.39, 0.29) is 11.9 Å². The van der Waals surface area contributed by atoms with Crippen molar-refractivity contribution in [1.29, 1.82) is 0 Å². The van der Waals surface area contributed by atoms with E-state index in [4.69, 9.17) is 11.6 Å². The first-order chi connectivity index (χ1) is 12.3. The molecule has 1 amide bonds. The lowest BCUT2D eigenvalue weighted by Crippen LogP contribution is -2.35. The van der Waals surface area contributed by atoms with Crippen LogP contribution in [0.5, 0.6) is 0 Å². The summed E-state index contributed by atoms with van der Waals surface area (Å²) in [5, 5.41) is 3.55. The first-order valence-electron chi connectivity index (χ1n) is 8.43. The normalized spacial score (nSPS) is 15.3. The molecule has 0 spiro atoms. The number of fused-ring (bicyclic) bond motifs is 1. The van der Waals surface area contributed by atoms with Crippen molar-refractivity contribution in [3.8, 4) is 0 Å². The molecule has 138 valence electrons. The van der Waals surface area contributed by atoms with Crippen molar-refractivity contribution >= 4 is 33.2 Å². The van der Waals surface area contributed by atoms with Crippen LogP contribution in [-0.4, -0.2) is 27.1 Å². The Balaban J connectivity index is 1.82. The molecule has 0 saturated carbocycles.